The maximum absolute atomic E-state index is 11.7. The molecular weight excluding hydrogens is 214 g/mol. The number of carbonyl (C=O) groups is 1. The number of rotatable bonds is 5. The van der Waals surface area contributed by atoms with Crippen LogP contribution in [0.5, 0.6) is 0 Å². The van der Waals surface area contributed by atoms with Crippen molar-refractivity contribution in [3.05, 3.63) is 29.6 Å². The maximum Gasteiger partial charge on any atom is 0.338 e. The van der Waals surface area contributed by atoms with Crippen molar-refractivity contribution in [1.29, 1.82) is 0 Å². The molecule has 1 heterocycles. The Kier molecular flexibility index (Phi) is 5.13. The van der Waals surface area contributed by atoms with E-state index in [-0.39, 0.29) is 5.97 Å². The highest BCUT2D eigenvalue weighted by Gasteiger charge is 2.09. The van der Waals surface area contributed by atoms with E-state index in [1.165, 1.54) is 0 Å². The van der Waals surface area contributed by atoms with Crippen LogP contribution in [-0.2, 0) is 11.2 Å². The van der Waals surface area contributed by atoms with E-state index in [0.717, 1.165) is 12.1 Å². The molecule has 0 spiro atoms. The summed E-state index contributed by atoms with van der Waals surface area (Å²) < 4.78 is 5.18. The van der Waals surface area contributed by atoms with E-state index in [1.54, 1.807) is 12.3 Å². The molecule has 0 bridgehead atoms. The van der Waals surface area contributed by atoms with Gasteiger partial charge < -0.3 is 4.74 Å². The van der Waals surface area contributed by atoms with Gasteiger partial charge in [-0.15, -0.1) is 0 Å². The summed E-state index contributed by atoms with van der Waals surface area (Å²) in [5, 5.41) is 0. The lowest BCUT2D eigenvalue weighted by atomic mass is 10.1. The fourth-order valence-corrected chi connectivity index (χ4v) is 1.46. The summed E-state index contributed by atoms with van der Waals surface area (Å²) in [6, 6.07) is 3.52. The number of hydrogen-bond acceptors (Lipinski definition) is 3. The lowest BCUT2D eigenvalue weighted by Gasteiger charge is -2.08. The summed E-state index contributed by atoms with van der Waals surface area (Å²) in [5.74, 6) is 0.631. The quantitative estimate of drug-likeness (QED) is 0.736. The van der Waals surface area contributed by atoms with Crippen molar-refractivity contribution in [2.45, 2.75) is 34.1 Å². The van der Waals surface area contributed by atoms with Crippen molar-refractivity contribution >= 4 is 5.97 Å². The first kappa shape index (κ1) is 13.7. The summed E-state index contributed by atoms with van der Waals surface area (Å²) >= 11 is 0. The van der Waals surface area contributed by atoms with Gasteiger partial charge in [-0.3, -0.25) is 4.98 Å². The zero-order valence-corrected chi connectivity index (χ0v) is 11.1. The lowest BCUT2D eigenvalue weighted by Crippen LogP contribution is -2.11. The van der Waals surface area contributed by atoms with Crippen LogP contribution in [-0.4, -0.2) is 17.6 Å². The Morgan fingerprint density at radius 2 is 2.00 bits per heavy atom. The molecule has 0 aliphatic rings. The molecule has 0 amide bonds. The van der Waals surface area contributed by atoms with Crippen molar-refractivity contribution in [3.8, 4) is 0 Å². The molecule has 0 atom stereocenters. The number of nitrogens with zero attached hydrogens (tertiary/aromatic N) is 1. The van der Waals surface area contributed by atoms with Crippen LogP contribution in [0.1, 0.15) is 43.7 Å². The van der Waals surface area contributed by atoms with Crippen LogP contribution >= 0.6 is 0 Å². The van der Waals surface area contributed by atoms with Crippen LogP contribution < -0.4 is 0 Å². The van der Waals surface area contributed by atoms with Gasteiger partial charge in [-0.2, -0.15) is 0 Å². The molecule has 0 aromatic carbocycles. The van der Waals surface area contributed by atoms with E-state index in [4.69, 9.17) is 4.74 Å². The number of pyridine rings is 1. The summed E-state index contributed by atoms with van der Waals surface area (Å²) in [4.78, 5) is 16.0. The van der Waals surface area contributed by atoms with Crippen LogP contribution in [0.25, 0.3) is 0 Å². The molecule has 0 aliphatic heterocycles. The van der Waals surface area contributed by atoms with Crippen LogP contribution in [0.3, 0.4) is 0 Å². The van der Waals surface area contributed by atoms with Gasteiger partial charge in [-0.1, -0.05) is 27.7 Å². The average molecular weight is 235 g/mol. The molecule has 0 radical (unpaired) electrons. The second-order valence-corrected chi connectivity index (χ2v) is 5.13. The van der Waals surface area contributed by atoms with Gasteiger partial charge in [0.25, 0.3) is 0 Å². The Labute approximate surface area is 103 Å². The van der Waals surface area contributed by atoms with Crippen LogP contribution in [0.2, 0.25) is 0 Å². The van der Waals surface area contributed by atoms with Crippen molar-refractivity contribution in [2.24, 2.45) is 11.8 Å². The number of carbonyl (C=O) groups excluding carboxylic acids is 1. The second-order valence-electron chi connectivity index (χ2n) is 5.13. The second kappa shape index (κ2) is 6.38. The van der Waals surface area contributed by atoms with E-state index < -0.39 is 0 Å². The summed E-state index contributed by atoms with van der Waals surface area (Å²) in [5.41, 5.74) is 1.54. The molecule has 0 saturated heterocycles. The van der Waals surface area contributed by atoms with Crippen molar-refractivity contribution in [3.63, 3.8) is 0 Å². The van der Waals surface area contributed by atoms with Gasteiger partial charge >= 0.3 is 5.97 Å². The van der Waals surface area contributed by atoms with E-state index in [9.17, 15) is 4.79 Å². The minimum absolute atomic E-state index is 0.258. The maximum atomic E-state index is 11.7. The highest BCUT2D eigenvalue weighted by atomic mass is 16.5. The fraction of sp³-hybridized carbons (Fsp3) is 0.571. The first-order chi connectivity index (χ1) is 7.99. The predicted octanol–water partition coefficient (Wildman–Crippen LogP) is 3.09. The molecule has 3 heteroatoms. The monoisotopic (exact) mass is 235 g/mol. The van der Waals surface area contributed by atoms with Gasteiger partial charge in [0.15, 0.2) is 0 Å². The summed E-state index contributed by atoms with van der Waals surface area (Å²) in [7, 11) is 0. The van der Waals surface area contributed by atoms with Crippen molar-refractivity contribution in [1.82, 2.24) is 4.98 Å². The lowest BCUT2D eigenvalue weighted by molar-refractivity contribution is 0.0458. The van der Waals surface area contributed by atoms with Crippen LogP contribution in [0, 0.1) is 11.8 Å². The molecule has 0 unspecified atom stereocenters. The summed E-state index contributed by atoms with van der Waals surface area (Å²) in [6.07, 6.45) is 2.55. The number of ether oxygens (including phenoxy) is 1. The Morgan fingerprint density at radius 3 is 2.59 bits per heavy atom. The third-order valence-electron chi connectivity index (χ3n) is 2.22. The molecular formula is C14H21NO2. The highest BCUT2D eigenvalue weighted by molar-refractivity contribution is 5.89. The van der Waals surface area contributed by atoms with E-state index >= 15 is 0 Å². The van der Waals surface area contributed by atoms with Crippen molar-refractivity contribution in [2.75, 3.05) is 6.61 Å². The van der Waals surface area contributed by atoms with Gasteiger partial charge in [0, 0.05) is 11.9 Å². The molecule has 3 nitrogen and oxygen atoms in total. The SMILES string of the molecule is CC(C)COC(=O)c1ccnc(CC(C)C)c1. The predicted molar refractivity (Wildman–Crippen MR) is 67.9 cm³/mol. The van der Waals surface area contributed by atoms with Gasteiger partial charge in [0.1, 0.15) is 0 Å². The smallest absolute Gasteiger partial charge is 0.338 e. The largest absolute Gasteiger partial charge is 0.462 e. The first-order valence-corrected chi connectivity index (χ1v) is 6.11. The molecule has 1 aromatic rings. The molecule has 17 heavy (non-hydrogen) atoms. The molecule has 0 fully saturated rings. The first-order valence-electron chi connectivity index (χ1n) is 6.11. The average Bonchev–Trinajstić information content (AvgIpc) is 2.25. The number of hydrogen-bond donors (Lipinski definition) is 0. The molecule has 0 N–H and O–H groups in total. The Hall–Kier alpha value is -1.38. The zero-order chi connectivity index (χ0) is 12.8. The van der Waals surface area contributed by atoms with Crippen molar-refractivity contribution < 1.29 is 9.53 Å². The van der Waals surface area contributed by atoms with E-state index in [0.29, 0.717) is 24.0 Å². The number of aromatic nitrogens is 1. The molecule has 94 valence electrons. The van der Waals surface area contributed by atoms with Gasteiger partial charge in [0.2, 0.25) is 0 Å². The normalized spacial score (nSPS) is 10.9. The van der Waals surface area contributed by atoms with Crippen LogP contribution in [0.15, 0.2) is 18.3 Å². The van der Waals surface area contributed by atoms with E-state index in [1.807, 2.05) is 19.9 Å². The minimum atomic E-state index is -0.258. The Balaban J connectivity index is 2.67. The standard InChI is InChI=1S/C14H21NO2/c1-10(2)7-13-8-12(5-6-15-13)14(16)17-9-11(3)4/h5-6,8,10-11H,7,9H2,1-4H3. The van der Waals surface area contributed by atoms with Gasteiger partial charge in [-0.25, -0.2) is 4.79 Å². The molecule has 0 saturated carbocycles. The zero-order valence-electron chi connectivity index (χ0n) is 11.1. The number of esters is 1. The highest BCUT2D eigenvalue weighted by Crippen LogP contribution is 2.09. The minimum Gasteiger partial charge on any atom is -0.462 e. The summed E-state index contributed by atoms with van der Waals surface area (Å²) in [6.45, 7) is 8.76. The van der Waals surface area contributed by atoms with Crippen LogP contribution in [0.4, 0.5) is 0 Å². The molecule has 1 aromatic heterocycles. The molecule has 1 rings (SSSR count). The molecule has 0 aliphatic carbocycles. The third-order valence-corrected chi connectivity index (χ3v) is 2.22. The fourth-order valence-electron chi connectivity index (χ4n) is 1.46. The Bertz CT molecular complexity index is 372. The Morgan fingerprint density at radius 1 is 1.29 bits per heavy atom. The third kappa shape index (κ3) is 4.98. The van der Waals surface area contributed by atoms with Gasteiger partial charge in [0.05, 0.1) is 12.2 Å². The van der Waals surface area contributed by atoms with Gasteiger partial charge in [-0.05, 0) is 30.4 Å². The van der Waals surface area contributed by atoms with E-state index in [2.05, 4.69) is 18.8 Å². The topological polar surface area (TPSA) is 39.2 Å².